The average molecular weight is 285 g/mol. The quantitative estimate of drug-likeness (QED) is 0.916. The molecule has 0 radical (unpaired) electrons. The molecule has 0 bridgehead atoms. The molecule has 0 amide bonds. The maximum absolute atomic E-state index is 6.49. The van der Waals surface area contributed by atoms with Gasteiger partial charge in [0.2, 0.25) is 0 Å². The summed E-state index contributed by atoms with van der Waals surface area (Å²) in [7, 11) is 0. The number of aromatic nitrogens is 2. The smallest absolute Gasteiger partial charge is 0.124 e. The standard InChI is InChI=1S/C17H23N3O/c1-5-15-14(10-12(4)19-20-15)17(18)13-8-6-7-9-16(13)21-11(2)3/h6-11,17H,5,18H2,1-4H3. The largest absolute Gasteiger partial charge is 0.491 e. The summed E-state index contributed by atoms with van der Waals surface area (Å²) in [6.45, 7) is 8.01. The molecule has 2 N–H and O–H groups in total. The highest BCUT2D eigenvalue weighted by Gasteiger charge is 2.18. The Balaban J connectivity index is 2.45. The summed E-state index contributed by atoms with van der Waals surface area (Å²) in [6.07, 6.45) is 0.921. The summed E-state index contributed by atoms with van der Waals surface area (Å²) in [5, 5.41) is 8.38. The predicted octanol–water partition coefficient (Wildman–Crippen LogP) is 3.18. The van der Waals surface area contributed by atoms with Crippen molar-refractivity contribution < 1.29 is 4.74 Å². The Morgan fingerprint density at radius 1 is 1.14 bits per heavy atom. The fraction of sp³-hybridized carbons (Fsp3) is 0.412. The van der Waals surface area contributed by atoms with E-state index in [1.807, 2.05) is 51.1 Å². The highest BCUT2D eigenvalue weighted by atomic mass is 16.5. The van der Waals surface area contributed by atoms with Crippen LogP contribution < -0.4 is 10.5 Å². The van der Waals surface area contributed by atoms with Gasteiger partial charge in [-0.25, -0.2) is 0 Å². The number of rotatable bonds is 5. The zero-order valence-electron chi connectivity index (χ0n) is 13.1. The van der Waals surface area contributed by atoms with Crippen LogP contribution in [0.5, 0.6) is 5.75 Å². The molecule has 2 rings (SSSR count). The zero-order chi connectivity index (χ0) is 15.4. The third-order valence-electron chi connectivity index (χ3n) is 3.31. The fourth-order valence-corrected chi connectivity index (χ4v) is 2.34. The van der Waals surface area contributed by atoms with Gasteiger partial charge in [-0.15, -0.1) is 0 Å². The number of para-hydroxylation sites is 1. The molecule has 0 spiro atoms. The van der Waals surface area contributed by atoms with Crippen molar-refractivity contribution in [3.8, 4) is 5.75 Å². The van der Waals surface area contributed by atoms with Gasteiger partial charge in [-0.1, -0.05) is 25.1 Å². The van der Waals surface area contributed by atoms with Crippen LogP contribution in [0.1, 0.15) is 49.3 Å². The van der Waals surface area contributed by atoms with Crippen LogP contribution in [0.4, 0.5) is 0 Å². The Labute approximate surface area is 126 Å². The molecular formula is C17H23N3O. The first-order valence-electron chi connectivity index (χ1n) is 7.37. The maximum Gasteiger partial charge on any atom is 0.124 e. The lowest BCUT2D eigenvalue weighted by molar-refractivity contribution is 0.239. The summed E-state index contributed by atoms with van der Waals surface area (Å²) in [6, 6.07) is 9.67. The van der Waals surface area contributed by atoms with Crippen LogP contribution in [0.2, 0.25) is 0 Å². The minimum absolute atomic E-state index is 0.112. The molecule has 1 unspecified atom stereocenters. The van der Waals surface area contributed by atoms with E-state index in [0.29, 0.717) is 0 Å². The Kier molecular flexibility index (Phi) is 4.91. The maximum atomic E-state index is 6.49. The Hall–Kier alpha value is -1.94. The van der Waals surface area contributed by atoms with Crippen molar-refractivity contribution in [2.24, 2.45) is 5.73 Å². The van der Waals surface area contributed by atoms with Crippen LogP contribution in [0, 0.1) is 6.92 Å². The van der Waals surface area contributed by atoms with E-state index in [2.05, 4.69) is 17.1 Å². The Bertz CT molecular complexity index is 611. The number of aryl methyl sites for hydroxylation is 2. The van der Waals surface area contributed by atoms with Crippen LogP contribution in [-0.2, 0) is 6.42 Å². The first-order chi connectivity index (χ1) is 10.0. The van der Waals surface area contributed by atoms with Gasteiger partial charge in [0.05, 0.1) is 23.5 Å². The van der Waals surface area contributed by atoms with Crippen molar-refractivity contribution >= 4 is 0 Å². The van der Waals surface area contributed by atoms with Gasteiger partial charge in [0.25, 0.3) is 0 Å². The van der Waals surface area contributed by atoms with E-state index in [1.165, 1.54) is 0 Å². The van der Waals surface area contributed by atoms with E-state index >= 15 is 0 Å². The lowest BCUT2D eigenvalue weighted by Gasteiger charge is -2.20. The molecule has 0 aliphatic rings. The number of benzene rings is 1. The molecule has 112 valence electrons. The lowest BCUT2D eigenvalue weighted by Crippen LogP contribution is -2.18. The van der Waals surface area contributed by atoms with Gasteiger partial charge in [-0.2, -0.15) is 10.2 Å². The van der Waals surface area contributed by atoms with Gasteiger partial charge in [-0.3, -0.25) is 0 Å². The summed E-state index contributed by atoms with van der Waals surface area (Å²) >= 11 is 0. The second kappa shape index (κ2) is 6.68. The van der Waals surface area contributed by atoms with E-state index in [9.17, 15) is 0 Å². The molecule has 0 fully saturated rings. The number of ether oxygens (including phenoxy) is 1. The first-order valence-corrected chi connectivity index (χ1v) is 7.37. The fourth-order valence-electron chi connectivity index (χ4n) is 2.34. The first kappa shape index (κ1) is 15.4. The summed E-state index contributed by atoms with van der Waals surface area (Å²) in [5.41, 5.74) is 10.3. The molecule has 0 aliphatic carbocycles. The molecule has 1 aromatic heterocycles. The summed E-state index contributed by atoms with van der Waals surface area (Å²) < 4.78 is 5.88. The van der Waals surface area contributed by atoms with E-state index in [0.717, 1.165) is 34.7 Å². The minimum atomic E-state index is -0.260. The molecule has 4 heteroatoms. The third-order valence-corrected chi connectivity index (χ3v) is 3.31. The van der Waals surface area contributed by atoms with Gasteiger partial charge in [0, 0.05) is 5.56 Å². The van der Waals surface area contributed by atoms with Gasteiger partial charge < -0.3 is 10.5 Å². The van der Waals surface area contributed by atoms with Crippen molar-refractivity contribution in [2.75, 3.05) is 0 Å². The molecular weight excluding hydrogens is 262 g/mol. The van der Waals surface area contributed by atoms with Crippen molar-refractivity contribution in [3.63, 3.8) is 0 Å². The monoisotopic (exact) mass is 285 g/mol. The summed E-state index contributed by atoms with van der Waals surface area (Å²) in [5.74, 6) is 0.830. The van der Waals surface area contributed by atoms with E-state index in [-0.39, 0.29) is 12.1 Å². The van der Waals surface area contributed by atoms with Gasteiger partial charge in [0.15, 0.2) is 0 Å². The van der Waals surface area contributed by atoms with Crippen molar-refractivity contribution in [3.05, 3.63) is 52.8 Å². The normalized spacial score (nSPS) is 12.5. The average Bonchev–Trinajstić information content (AvgIpc) is 2.46. The zero-order valence-corrected chi connectivity index (χ0v) is 13.1. The van der Waals surface area contributed by atoms with Gasteiger partial charge in [0.1, 0.15) is 5.75 Å². The van der Waals surface area contributed by atoms with Crippen molar-refractivity contribution in [2.45, 2.75) is 46.3 Å². The van der Waals surface area contributed by atoms with Crippen molar-refractivity contribution in [1.82, 2.24) is 10.2 Å². The molecule has 0 saturated heterocycles. The highest BCUT2D eigenvalue weighted by Crippen LogP contribution is 2.30. The van der Waals surface area contributed by atoms with Crippen LogP contribution in [0.25, 0.3) is 0 Å². The van der Waals surface area contributed by atoms with Gasteiger partial charge in [-0.05, 0) is 44.9 Å². The molecule has 21 heavy (non-hydrogen) atoms. The Morgan fingerprint density at radius 3 is 2.52 bits per heavy atom. The molecule has 0 aliphatic heterocycles. The van der Waals surface area contributed by atoms with Crippen LogP contribution in [-0.4, -0.2) is 16.3 Å². The van der Waals surface area contributed by atoms with Crippen LogP contribution in [0.3, 0.4) is 0 Å². The van der Waals surface area contributed by atoms with Crippen LogP contribution >= 0.6 is 0 Å². The molecule has 0 saturated carbocycles. The second-order valence-electron chi connectivity index (χ2n) is 5.42. The van der Waals surface area contributed by atoms with E-state index in [4.69, 9.17) is 10.5 Å². The van der Waals surface area contributed by atoms with E-state index in [1.54, 1.807) is 0 Å². The molecule has 1 atom stereocenters. The number of nitrogens with two attached hydrogens (primary N) is 1. The van der Waals surface area contributed by atoms with Crippen molar-refractivity contribution in [1.29, 1.82) is 0 Å². The second-order valence-corrected chi connectivity index (χ2v) is 5.42. The number of hydrogen-bond acceptors (Lipinski definition) is 4. The molecule has 2 aromatic rings. The molecule has 1 aromatic carbocycles. The third kappa shape index (κ3) is 3.58. The topological polar surface area (TPSA) is 61.0 Å². The van der Waals surface area contributed by atoms with Gasteiger partial charge >= 0.3 is 0 Å². The summed E-state index contributed by atoms with van der Waals surface area (Å²) in [4.78, 5) is 0. The number of hydrogen-bond donors (Lipinski definition) is 1. The van der Waals surface area contributed by atoms with Crippen LogP contribution in [0.15, 0.2) is 30.3 Å². The highest BCUT2D eigenvalue weighted by molar-refractivity contribution is 5.42. The number of nitrogens with zero attached hydrogens (tertiary/aromatic N) is 2. The SMILES string of the molecule is CCc1nnc(C)cc1C(N)c1ccccc1OC(C)C. The lowest BCUT2D eigenvalue weighted by atomic mass is 9.96. The molecule has 4 nitrogen and oxygen atoms in total. The molecule has 1 heterocycles. The van der Waals surface area contributed by atoms with E-state index < -0.39 is 0 Å². The Morgan fingerprint density at radius 2 is 1.86 bits per heavy atom. The predicted molar refractivity (Wildman–Crippen MR) is 84.4 cm³/mol. The minimum Gasteiger partial charge on any atom is -0.491 e.